The van der Waals surface area contributed by atoms with Crippen LogP contribution >= 0.6 is 12.4 Å². The molecule has 1 fully saturated rings. The summed E-state index contributed by atoms with van der Waals surface area (Å²) in [6, 6.07) is 6.78. The lowest BCUT2D eigenvalue weighted by Crippen LogP contribution is -2.45. The molecule has 0 aromatic heterocycles. The fourth-order valence-electron chi connectivity index (χ4n) is 1.92. The quantitative estimate of drug-likeness (QED) is 0.767. The van der Waals surface area contributed by atoms with E-state index < -0.39 is 6.10 Å². The average Bonchev–Trinajstić information content (AvgIpc) is 2.49. The molecule has 7 heteroatoms. The molecule has 0 saturated carbocycles. The smallest absolute Gasteiger partial charge is 0.254 e. The van der Waals surface area contributed by atoms with Gasteiger partial charge in [0.1, 0.15) is 6.10 Å². The first-order chi connectivity index (χ1) is 9.70. The van der Waals surface area contributed by atoms with Crippen LogP contribution < -0.4 is 16.0 Å². The SMILES string of the molecule is CCNC(=O)c1ccc(NC(=O)C2CNCCO2)cc1.Cl. The molecule has 1 aliphatic rings. The number of carbonyl (C=O) groups excluding carboxylic acids is 2. The lowest BCUT2D eigenvalue weighted by Gasteiger charge is -2.22. The van der Waals surface area contributed by atoms with Crippen LogP contribution in [0, 0.1) is 0 Å². The van der Waals surface area contributed by atoms with Gasteiger partial charge in [-0.3, -0.25) is 9.59 Å². The number of halogens is 1. The fraction of sp³-hybridized carbons (Fsp3) is 0.429. The Morgan fingerprint density at radius 1 is 1.33 bits per heavy atom. The van der Waals surface area contributed by atoms with Crippen LogP contribution in [0.4, 0.5) is 5.69 Å². The molecule has 2 amide bonds. The van der Waals surface area contributed by atoms with Gasteiger partial charge in [0.05, 0.1) is 6.61 Å². The van der Waals surface area contributed by atoms with Crippen LogP contribution in [0.15, 0.2) is 24.3 Å². The summed E-state index contributed by atoms with van der Waals surface area (Å²) in [4.78, 5) is 23.5. The molecule has 1 aromatic carbocycles. The number of hydrogen-bond acceptors (Lipinski definition) is 4. The first-order valence-corrected chi connectivity index (χ1v) is 6.72. The van der Waals surface area contributed by atoms with E-state index in [1.54, 1.807) is 24.3 Å². The van der Waals surface area contributed by atoms with Crippen molar-refractivity contribution in [2.75, 3.05) is 31.6 Å². The predicted octanol–water partition coefficient (Wildman–Crippen LogP) is 0.785. The molecule has 116 valence electrons. The van der Waals surface area contributed by atoms with Crippen LogP contribution in [0.2, 0.25) is 0 Å². The Bertz CT molecular complexity index is 473. The normalized spacial score (nSPS) is 17.5. The molecule has 0 aliphatic carbocycles. The second kappa shape index (κ2) is 8.61. The molecule has 1 heterocycles. The minimum absolute atomic E-state index is 0. The second-order valence-corrected chi connectivity index (χ2v) is 4.49. The van der Waals surface area contributed by atoms with Gasteiger partial charge < -0.3 is 20.7 Å². The Hall–Kier alpha value is -1.63. The summed E-state index contributed by atoms with van der Waals surface area (Å²) in [6.07, 6.45) is -0.466. The molecule has 1 atom stereocenters. The van der Waals surface area contributed by atoms with E-state index in [1.807, 2.05) is 6.92 Å². The van der Waals surface area contributed by atoms with Gasteiger partial charge in [-0.1, -0.05) is 0 Å². The number of hydrogen-bond donors (Lipinski definition) is 3. The van der Waals surface area contributed by atoms with Crippen LogP contribution in [0.5, 0.6) is 0 Å². The lowest BCUT2D eigenvalue weighted by atomic mass is 10.2. The molecule has 0 radical (unpaired) electrons. The average molecular weight is 314 g/mol. The number of rotatable bonds is 4. The van der Waals surface area contributed by atoms with Crippen molar-refractivity contribution in [2.45, 2.75) is 13.0 Å². The van der Waals surface area contributed by atoms with E-state index in [4.69, 9.17) is 4.74 Å². The lowest BCUT2D eigenvalue weighted by molar-refractivity contribution is -0.128. The number of ether oxygens (including phenoxy) is 1. The minimum Gasteiger partial charge on any atom is -0.366 e. The zero-order valence-electron chi connectivity index (χ0n) is 11.8. The Morgan fingerprint density at radius 3 is 2.62 bits per heavy atom. The maximum Gasteiger partial charge on any atom is 0.254 e. The van der Waals surface area contributed by atoms with E-state index in [2.05, 4.69) is 16.0 Å². The number of morpholine rings is 1. The highest BCUT2D eigenvalue weighted by Gasteiger charge is 2.21. The van der Waals surface area contributed by atoms with Crippen LogP contribution in [-0.4, -0.2) is 44.2 Å². The van der Waals surface area contributed by atoms with Crippen molar-refractivity contribution in [3.63, 3.8) is 0 Å². The standard InChI is InChI=1S/C14H19N3O3.ClH/c1-2-16-13(18)10-3-5-11(6-4-10)17-14(19)12-9-15-7-8-20-12;/h3-6,12,15H,2,7-9H2,1H3,(H,16,18)(H,17,19);1H. The molecule has 0 bridgehead atoms. The van der Waals surface area contributed by atoms with Crippen LogP contribution in [-0.2, 0) is 9.53 Å². The van der Waals surface area contributed by atoms with Gasteiger partial charge >= 0.3 is 0 Å². The van der Waals surface area contributed by atoms with Gasteiger partial charge in [-0.25, -0.2) is 0 Å². The van der Waals surface area contributed by atoms with Gasteiger partial charge in [-0.15, -0.1) is 12.4 Å². The second-order valence-electron chi connectivity index (χ2n) is 4.49. The third-order valence-electron chi connectivity index (χ3n) is 2.97. The van der Waals surface area contributed by atoms with E-state index in [0.717, 1.165) is 6.54 Å². The van der Waals surface area contributed by atoms with E-state index in [-0.39, 0.29) is 24.2 Å². The molecule has 6 nitrogen and oxygen atoms in total. The van der Waals surface area contributed by atoms with E-state index in [9.17, 15) is 9.59 Å². The van der Waals surface area contributed by atoms with Crippen LogP contribution in [0.1, 0.15) is 17.3 Å². The number of benzene rings is 1. The van der Waals surface area contributed by atoms with Gasteiger partial charge in [0, 0.05) is 30.9 Å². The molecule has 1 unspecified atom stereocenters. The van der Waals surface area contributed by atoms with Crippen LogP contribution in [0.25, 0.3) is 0 Å². The van der Waals surface area contributed by atoms with E-state index >= 15 is 0 Å². The zero-order valence-corrected chi connectivity index (χ0v) is 12.7. The molecule has 3 N–H and O–H groups in total. The summed E-state index contributed by atoms with van der Waals surface area (Å²) in [5.41, 5.74) is 1.22. The molecule has 0 spiro atoms. The molecule has 21 heavy (non-hydrogen) atoms. The Balaban J connectivity index is 0.00000220. The highest BCUT2D eigenvalue weighted by atomic mass is 35.5. The summed E-state index contributed by atoms with van der Waals surface area (Å²) in [6.45, 7) is 4.27. The first-order valence-electron chi connectivity index (χ1n) is 6.72. The van der Waals surface area contributed by atoms with Gasteiger partial charge in [-0.2, -0.15) is 0 Å². The topological polar surface area (TPSA) is 79.5 Å². The molecule has 1 aromatic rings. The number of amides is 2. The summed E-state index contributed by atoms with van der Waals surface area (Å²) in [5, 5.41) is 8.59. The first kappa shape index (κ1) is 17.4. The highest BCUT2D eigenvalue weighted by molar-refractivity contribution is 5.96. The Morgan fingerprint density at radius 2 is 2.05 bits per heavy atom. The van der Waals surface area contributed by atoms with Crippen molar-refractivity contribution in [2.24, 2.45) is 0 Å². The molecule has 1 aliphatic heterocycles. The number of nitrogens with one attached hydrogen (secondary N) is 3. The summed E-state index contributed by atoms with van der Waals surface area (Å²) in [5.74, 6) is -0.298. The summed E-state index contributed by atoms with van der Waals surface area (Å²) < 4.78 is 5.37. The maximum atomic E-state index is 11.9. The summed E-state index contributed by atoms with van der Waals surface area (Å²) >= 11 is 0. The highest BCUT2D eigenvalue weighted by Crippen LogP contribution is 2.11. The largest absolute Gasteiger partial charge is 0.366 e. The molecular weight excluding hydrogens is 294 g/mol. The van der Waals surface area contributed by atoms with Crippen molar-refractivity contribution in [1.29, 1.82) is 0 Å². The van der Waals surface area contributed by atoms with Gasteiger partial charge in [0.15, 0.2) is 0 Å². The van der Waals surface area contributed by atoms with E-state index in [1.165, 1.54) is 0 Å². The third-order valence-corrected chi connectivity index (χ3v) is 2.97. The van der Waals surface area contributed by atoms with Crippen LogP contribution in [0.3, 0.4) is 0 Å². The minimum atomic E-state index is -0.466. The zero-order chi connectivity index (χ0) is 14.4. The van der Waals surface area contributed by atoms with Crippen molar-refractivity contribution in [3.05, 3.63) is 29.8 Å². The van der Waals surface area contributed by atoms with Crippen molar-refractivity contribution in [3.8, 4) is 0 Å². The fourth-order valence-corrected chi connectivity index (χ4v) is 1.92. The van der Waals surface area contributed by atoms with Gasteiger partial charge in [0.2, 0.25) is 0 Å². The molecular formula is C14H20ClN3O3. The third kappa shape index (κ3) is 5.00. The molecule has 2 rings (SSSR count). The monoisotopic (exact) mass is 313 g/mol. The number of carbonyl (C=O) groups is 2. The Kier molecular flexibility index (Phi) is 7.14. The Labute approximate surface area is 130 Å². The summed E-state index contributed by atoms with van der Waals surface area (Å²) in [7, 11) is 0. The molecule has 1 saturated heterocycles. The van der Waals surface area contributed by atoms with Crippen molar-refractivity contribution in [1.82, 2.24) is 10.6 Å². The van der Waals surface area contributed by atoms with Crippen molar-refractivity contribution < 1.29 is 14.3 Å². The predicted molar refractivity (Wildman–Crippen MR) is 82.9 cm³/mol. The number of anilines is 1. The van der Waals surface area contributed by atoms with Crippen molar-refractivity contribution >= 4 is 29.9 Å². The van der Waals surface area contributed by atoms with Gasteiger partial charge in [-0.05, 0) is 31.2 Å². The van der Waals surface area contributed by atoms with Gasteiger partial charge in [0.25, 0.3) is 11.8 Å². The maximum absolute atomic E-state index is 11.9. The van der Waals surface area contributed by atoms with E-state index in [0.29, 0.717) is 30.9 Å².